The number of anilines is 2. The molecular formula is C13H20N2O. The molecule has 16 heavy (non-hydrogen) atoms. The van der Waals surface area contributed by atoms with Crippen molar-refractivity contribution in [3.63, 3.8) is 0 Å². The molecule has 1 aromatic carbocycles. The maximum atomic E-state index is 11.1. The first-order valence-corrected chi connectivity index (χ1v) is 5.75. The molecule has 0 amide bonds. The number of carbonyl (C=O) groups is 1. The molecule has 0 fully saturated rings. The van der Waals surface area contributed by atoms with Gasteiger partial charge in [-0.15, -0.1) is 0 Å². The Balaban J connectivity index is 2.83. The van der Waals surface area contributed by atoms with Gasteiger partial charge in [-0.25, -0.2) is 0 Å². The van der Waals surface area contributed by atoms with Crippen molar-refractivity contribution >= 4 is 17.2 Å². The summed E-state index contributed by atoms with van der Waals surface area (Å²) in [5.41, 5.74) is 2.19. The summed E-state index contributed by atoms with van der Waals surface area (Å²) in [6, 6.07) is 8.16. The molecule has 0 spiro atoms. The van der Waals surface area contributed by atoms with Crippen LogP contribution in [-0.4, -0.2) is 25.4 Å². The standard InChI is InChI=1S/C13H20N2O/c1-4-14-12-7-6-8-13(9-12)15(5-2)10-11(3)16/h6-9,14H,4-5,10H2,1-3H3. The molecule has 1 aromatic rings. The molecule has 0 atom stereocenters. The predicted molar refractivity (Wildman–Crippen MR) is 69.2 cm³/mol. The van der Waals surface area contributed by atoms with Crippen molar-refractivity contribution in [1.82, 2.24) is 0 Å². The number of carbonyl (C=O) groups excluding carboxylic acids is 1. The van der Waals surface area contributed by atoms with Crippen molar-refractivity contribution in [2.24, 2.45) is 0 Å². The summed E-state index contributed by atoms with van der Waals surface area (Å²) < 4.78 is 0. The van der Waals surface area contributed by atoms with E-state index >= 15 is 0 Å². The molecule has 88 valence electrons. The van der Waals surface area contributed by atoms with Crippen molar-refractivity contribution < 1.29 is 4.79 Å². The van der Waals surface area contributed by atoms with E-state index in [1.165, 1.54) is 0 Å². The summed E-state index contributed by atoms with van der Waals surface area (Å²) in [4.78, 5) is 13.2. The zero-order valence-electron chi connectivity index (χ0n) is 10.3. The highest BCUT2D eigenvalue weighted by atomic mass is 16.1. The Bertz CT molecular complexity index is 350. The van der Waals surface area contributed by atoms with Crippen LogP contribution in [0.2, 0.25) is 0 Å². The lowest BCUT2D eigenvalue weighted by atomic mass is 10.2. The van der Waals surface area contributed by atoms with Gasteiger partial charge >= 0.3 is 0 Å². The van der Waals surface area contributed by atoms with Gasteiger partial charge in [-0.2, -0.15) is 0 Å². The fourth-order valence-corrected chi connectivity index (χ4v) is 1.67. The van der Waals surface area contributed by atoms with Crippen LogP contribution >= 0.6 is 0 Å². The molecule has 0 bridgehead atoms. The van der Waals surface area contributed by atoms with E-state index in [1.54, 1.807) is 6.92 Å². The Morgan fingerprint density at radius 3 is 2.69 bits per heavy atom. The normalized spacial score (nSPS) is 9.94. The summed E-state index contributed by atoms with van der Waals surface area (Å²) in [5, 5.41) is 3.27. The Hall–Kier alpha value is -1.51. The van der Waals surface area contributed by atoms with Gasteiger partial charge < -0.3 is 10.2 Å². The first-order valence-electron chi connectivity index (χ1n) is 5.75. The second-order valence-corrected chi connectivity index (χ2v) is 3.80. The van der Waals surface area contributed by atoms with Crippen LogP contribution in [0.15, 0.2) is 24.3 Å². The minimum absolute atomic E-state index is 0.190. The molecule has 0 radical (unpaired) electrons. The van der Waals surface area contributed by atoms with Gasteiger partial charge in [0.1, 0.15) is 5.78 Å². The zero-order chi connectivity index (χ0) is 12.0. The third-order valence-electron chi connectivity index (χ3n) is 2.39. The maximum Gasteiger partial charge on any atom is 0.149 e. The second kappa shape index (κ2) is 6.16. The minimum Gasteiger partial charge on any atom is -0.385 e. The van der Waals surface area contributed by atoms with E-state index < -0.39 is 0 Å². The van der Waals surface area contributed by atoms with Gasteiger partial charge in [0.25, 0.3) is 0 Å². The molecule has 0 aromatic heterocycles. The number of hydrogen-bond donors (Lipinski definition) is 1. The monoisotopic (exact) mass is 220 g/mol. The lowest BCUT2D eigenvalue weighted by Gasteiger charge is -2.22. The van der Waals surface area contributed by atoms with E-state index in [0.717, 1.165) is 24.5 Å². The maximum absolute atomic E-state index is 11.1. The van der Waals surface area contributed by atoms with E-state index in [9.17, 15) is 4.79 Å². The first kappa shape index (κ1) is 12.6. The summed E-state index contributed by atoms with van der Waals surface area (Å²) in [5.74, 6) is 0.190. The topological polar surface area (TPSA) is 32.3 Å². The highest BCUT2D eigenvalue weighted by molar-refractivity contribution is 5.81. The van der Waals surface area contributed by atoms with Crippen LogP contribution in [0.4, 0.5) is 11.4 Å². The third kappa shape index (κ3) is 3.57. The summed E-state index contributed by atoms with van der Waals surface area (Å²) in [6.45, 7) is 7.98. The summed E-state index contributed by atoms with van der Waals surface area (Å²) in [7, 11) is 0. The van der Waals surface area contributed by atoms with E-state index in [2.05, 4.69) is 30.1 Å². The van der Waals surface area contributed by atoms with Gasteiger partial charge in [0.2, 0.25) is 0 Å². The van der Waals surface area contributed by atoms with Crippen molar-refractivity contribution in [2.45, 2.75) is 20.8 Å². The van der Waals surface area contributed by atoms with Crippen LogP contribution in [0.3, 0.4) is 0 Å². The van der Waals surface area contributed by atoms with Crippen molar-refractivity contribution in [3.8, 4) is 0 Å². The fourth-order valence-electron chi connectivity index (χ4n) is 1.67. The van der Waals surface area contributed by atoms with Crippen LogP contribution in [0.5, 0.6) is 0 Å². The van der Waals surface area contributed by atoms with E-state index in [0.29, 0.717) is 6.54 Å². The highest BCUT2D eigenvalue weighted by Gasteiger charge is 2.06. The molecule has 1 rings (SSSR count). The van der Waals surface area contributed by atoms with Gasteiger partial charge in [-0.05, 0) is 39.0 Å². The van der Waals surface area contributed by atoms with Crippen LogP contribution in [0, 0.1) is 0 Å². The number of nitrogens with zero attached hydrogens (tertiary/aromatic N) is 1. The first-order chi connectivity index (χ1) is 7.67. The van der Waals surface area contributed by atoms with Crippen molar-refractivity contribution in [3.05, 3.63) is 24.3 Å². The van der Waals surface area contributed by atoms with Crippen molar-refractivity contribution in [2.75, 3.05) is 29.9 Å². The Kier molecular flexibility index (Phi) is 4.83. The number of Topliss-reactive ketones (excluding diaryl/α,β-unsaturated/α-hetero) is 1. The largest absolute Gasteiger partial charge is 0.385 e. The van der Waals surface area contributed by atoms with Crippen LogP contribution < -0.4 is 10.2 Å². The molecule has 0 aliphatic carbocycles. The Morgan fingerprint density at radius 1 is 1.38 bits per heavy atom. The molecule has 0 unspecified atom stereocenters. The Morgan fingerprint density at radius 2 is 2.12 bits per heavy atom. The van der Waals surface area contributed by atoms with E-state index in [1.807, 2.05) is 18.2 Å². The molecule has 3 heteroatoms. The SMILES string of the molecule is CCNc1cccc(N(CC)CC(C)=O)c1. The van der Waals surface area contributed by atoms with Gasteiger partial charge in [0, 0.05) is 24.5 Å². The number of rotatable bonds is 6. The lowest BCUT2D eigenvalue weighted by molar-refractivity contribution is -0.115. The molecule has 0 saturated carbocycles. The van der Waals surface area contributed by atoms with Crippen LogP contribution in [0.1, 0.15) is 20.8 Å². The van der Waals surface area contributed by atoms with Gasteiger partial charge in [-0.3, -0.25) is 4.79 Å². The molecular weight excluding hydrogens is 200 g/mol. The second-order valence-electron chi connectivity index (χ2n) is 3.80. The summed E-state index contributed by atoms with van der Waals surface area (Å²) >= 11 is 0. The van der Waals surface area contributed by atoms with Crippen LogP contribution in [-0.2, 0) is 4.79 Å². The number of benzene rings is 1. The molecule has 3 nitrogen and oxygen atoms in total. The molecule has 1 N–H and O–H groups in total. The van der Waals surface area contributed by atoms with Crippen LogP contribution in [0.25, 0.3) is 0 Å². The zero-order valence-corrected chi connectivity index (χ0v) is 10.3. The van der Waals surface area contributed by atoms with E-state index in [4.69, 9.17) is 0 Å². The average Bonchev–Trinajstić information content (AvgIpc) is 2.26. The number of likely N-dealkylation sites (N-methyl/N-ethyl adjacent to an activating group) is 1. The lowest BCUT2D eigenvalue weighted by Crippen LogP contribution is -2.28. The number of hydrogen-bond acceptors (Lipinski definition) is 3. The van der Waals surface area contributed by atoms with Gasteiger partial charge in [0.15, 0.2) is 0 Å². The van der Waals surface area contributed by atoms with E-state index in [-0.39, 0.29) is 5.78 Å². The molecule has 0 heterocycles. The molecule has 0 saturated heterocycles. The quantitative estimate of drug-likeness (QED) is 0.799. The Labute approximate surface area is 97.5 Å². The average molecular weight is 220 g/mol. The number of ketones is 1. The van der Waals surface area contributed by atoms with Crippen molar-refractivity contribution in [1.29, 1.82) is 0 Å². The highest BCUT2D eigenvalue weighted by Crippen LogP contribution is 2.19. The molecule has 0 aliphatic rings. The predicted octanol–water partition coefficient (Wildman–Crippen LogP) is 2.53. The van der Waals surface area contributed by atoms with Gasteiger partial charge in [-0.1, -0.05) is 6.07 Å². The summed E-state index contributed by atoms with van der Waals surface area (Å²) in [6.07, 6.45) is 0. The third-order valence-corrected chi connectivity index (χ3v) is 2.39. The smallest absolute Gasteiger partial charge is 0.149 e. The minimum atomic E-state index is 0.190. The number of nitrogens with one attached hydrogen (secondary N) is 1. The fraction of sp³-hybridized carbons (Fsp3) is 0.462. The van der Waals surface area contributed by atoms with Gasteiger partial charge in [0.05, 0.1) is 6.54 Å². The molecule has 0 aliphatic heterocycles.